The van der Waals surface area contributed by atoms with Gasteiger partial charge in [0.1, 0.15) is 17.0 Å². The number of rotatable bonds is 3. The largest absolute Gasteiger partial charge is 0.378 e. The lowest BCUT2D eigenvalue weighted by Crippen LogP contribution is -2.65. The molecule has 2 unspecified atom stereocenters. The second-order valence-electron chi connectivity index (χ2n) is 12.6. The van der Waals surface area contributed by atoms with E-state index in [2.05, 4.69) is 10.3 Å². The van der Waals surface area contributed by atoms with Crippen LogP contribution in [0.1, 0.15) is 97.7 Å². The number of nitrogens with one attached hydrogen (secondary N) is 1. The quantitative estimate of drug-likeness (QED) is 0.664. The third kappa shape index (κ3) is 3.54. The van der Waals surface area contributed by atoms with Crippen LogP contribution >= 0.6 is 0 Å². The Kier molecular flexibility index (Phi) is 4.59. The molecular formula is C26H33F2N3O3S. The molecule has 1 aromatic heterocycles. The molecule has 9 heteroatoms. The summed E-state index contributed by atoms with van der Waals surface area (Å²) in [6, 6.07) is 0. The van der Waals surface area contributed by atoms with Crippen LogP contribution < -0.4 is 5.32 Å². The minimum absolute atomic E-state index is 0.00767. The first-order valence-electron chi connectivity index (χ1n) is 13.2. The first-order chi connectivity index (χ1) is 16.6. The van der Waals surface area contributed by atoms with Gasteiger partial charge >= 0.3 is 0 Å². The van der Waals surface area contributed by atoms with E-state index in [1.54, 1.807) is 11.1 Å². The summed E-state index contributed by atoms with van der Waals surface area (Å²) in [4.78, 5) is 19.8. The van der Waals surface area contributed by atoms with Crippen LogP contribution in [0.15, 0.2) is 6.20 Å². The van der Waals surface area contributed by atoms with Gasteiger partial charge in [-0.1, -0.05) is 0 Å². The van der Waals surface area contributed by atoms with E-state index in [0.29, 0.717) is 37.3 Å². The van der Waals surface area contributed by atoms with Crippen LogP contribution in [0.2, 0.25) is 0 Å². The van der Waals surface area contributed by atoms with Crippen molar-refractivity contribution in [1.82, 2.24) is 9.88 Å². The van der Waals surface area contributed by atoms with E-state index in [9.17, 15) is 13.2 Å². The number of nitrogens with zero attached hydrogens (tertiary/aromatic N) is 2. The molecule has 7 aliphatic carbocycles. The maximum Gasteiger partial charge on any atom is 0.272 e. The summed E-state index contributed by atoms with van der Waals surface area (Å²) >= 11 is 0. The van der Waals surface area contributed by atoms with E-state index in [1.807, 2.05) is 0 Å². The molecule has 0 aromatic carbocycles. The molecule has 190 valence electrons. The van der Waals surface area contributed by atoms with Gasteiger partial charge in [0.05, 0.1) is 23.4 Å². The lowest BCUT2D eigenvalue weighted by atomic mass is 9.50. The molecule has 1 saturated heterocycles. The zero-order chi connectivity index (χ0) is 24.2. The van der Waals surface area contributed by atoms with E-state index >= 15 is 8.78 Å². The molecule has 1 aliphatic heterocycles. The summed E-state index contributed by atoms with van der Waals surface area (Å²) in [7, 11) is -3.09. The van der Waals surface area contributed by atoms with Crippen molar-refractivity contribution in [3.05, 3.63) is 23.0 Å². The number of carbonyl (C=O) groups excluding carboxylic acids is 1. The number of pyridine rings is 1. The molecule has 6 fully saturated rings. The molecule has 2 atom stereocenters. The Morgan fingerprint density at radius 1 is 0.943 bits per heavy atom. The molecule has 8 aliphatic rings. The topological polar surface area (TPSA) is 79.4 Å². The number of hydrogen-bond acceptors (Lipinski definition) is 5. The molecule has 0 spiro atoms. The molecule has 35 heavy (non-hydrogen) atoms. The monoisotopic (exact) mass is 505 g/mol. The maximum atomic E-state index is 15.6. The number of fused-ring (bicyclic) bond motifs is 2. The van der Waals surface area contributed by atoms with Gasteiger partial charge in [0.2, 0.25) is 0 Å². The summed E-state index contributed by atoms with van der Waals surface area (Å²) < 4.78 is 55.0. The Bertz CT molecular complexity index is 1180. The van der Waals surface area contributed by atoms with Crippen molar-refractivity contribution in [2.75, 3.05) is 29.9 Å². The Hall–Kier alpha value is -1.77. The molecule has 6 bridgehead atoms. The van der Waals surface area contributed by atoms with Crippen molar-refractivity contribution in [2.24, 2.45) is 5.92 Å². The highest BCUT2D eigenvalue weighted by Crippen LogP contribution is 2.63. The van der Waals surface area contributed by atoms with Crippen molar-refractivity contribution in [3.63, 3.8) is 0 Å². The Morgan fingerprint density at radius 2 is 1.54 bits per heavy atom. The number of alkyl halides is 2. The van der Waals surface area contributed by atoms with Crippen LogP contribution in [0.3, 0.4) is 0 Å². The van der Waals surface area contributed by atoms with Gasteiger partial charge in [-0.15, -0.1) is 0 Å². The third-order valence-corrected chi connectivity index (χ3v) is 11.5. The molecule has 1 amide bonds. The summed E-state index contributed by atoms with van der Waals surface area (Å²) in [6.07, 6.45) is 8.32. The van der Waals surface area contributed by atoms with Gasteiger partial charge in [0.25, 0.3) is 5.91 Å². The predicted octanol–water partition coefficient (Wildman–Crippen LogP) is 4.27. The second-order valence-corrected chi connectivity index (χ2v) is 14.9. The van der Waals surface area contributed by atoms with Crippen LogP contribution in [0.25, 0.3) is 0 Å². The van der Waals surface area contributed by atoms with Gasteiger partial charge in [0, 0.05) is 37.9 Å². The average Bonchev–Trinajstić information content (AvgIpc) is 2.77. The molecule has 1 N–H and O–H groups in total. The summed E-state index contributed by atoms with van der Waals surface area (Å²) in [6.45, 7) is 0.404. The van der Waals surface area contributed by atoms with Crippen LogP contribution in [0.4, 0.5) is 14.5 Å². The first-order valence-corrected chi connectivity index (χ1v) is 15.1. The molecule has 5 saturated carbocycles. The second kappa shape index (κ2) is 7.17. The van der Waals surface area contributed by atoms with E-state index < -0.39 is 26.7 Å². The van der Waals surface area contributed by atoms with Crippen molar-refractivity contribution < 1.29 is 22.0 Å². The zero-order valence-electron chi connectivity index (χ0n) is 20.0. The smallest absolute Gasteiger partial charge is 0.272 e. The normalized spacial score (nSPS) is 42.7. The molecule has 1 aromatic rings. The lowest BCUT2D eigenvalue weighted by Gasteiger charge is -2.61. The van der Waals surface area contributed by atoms with E-state index in [0.717, 1.165) is 48.9 Å². The fraction of sp³-hybridized carbons (Fsp3) is 0.769. The van der Waals surface area contributed by atoms with Gasteiger partial charge in [-0.3, -0.25) is 4.79 Å². The highest BCUT2D eigenvalue weighted by Gasteiger charge is 2.65. The zero-order valence-corrected chi connectivity index (χ0v) is 20.8. The minimum Gasteiger partial charge on any atom is -0.378 e. The summed E-state index contributed by atoms with van der Waals surface area (Å²) in [5.41, 5.74) is -0.00866. The van der Waals surface area contributed by atoms with Crippen LogP contribution in [0.5, 0.6) is 0 Å². The SMILES string of the molecule is O=C(c1ncc(NC23CC4CC(F)(CC(F)(C4)C2)C3)c2c1C1CCC2CC1)N1CCS(=O)(=O)CC1. The van der Waals surface area contributed by atoms with E-state index in [1.165, 1.54) is 0 Å². The summed E-state index contributed by atoms with van der Waals surface area (Å²) in [5, 5.41) is 3.66. The Labute approximate surface area is 205 Å². The fourth-order valence-corrected chi connectivity index (χ4v) is 10.2. The Balaban J connectivity index is 1.25. The lowest BCUT2D eigenvalue weighted by molar-refractivity contribution is -0.137. The first kappa shape index (κ1) is 22.4. The highest BCUT2D eigenvalue weighted by atomic mass is 32.2. The van der Waals surface area contributed by atoms with Gasteiger partial charge in [-0.25, -0.2) is 22.2 Å². The number of carbonyl (C=O) groups is 1. The number of anilines is 1. The van der Waals surface area contributed by atoms with Gasteiger partial charge in [0.15, 0.2) is 9.84 Å². The van der Waals surface area contributed by atoms with Gasteiger partial charge < -0.3 is 10.2 Å². The number of halogens is 2. The fourth-order valence-electron chi connectivity index (χ4n) is 9.03. The highest BCUT2D eigenvalue weighted by molar-refractivity contribution is 7.91. The van der Waals surface area contributed by atoms with Crippen LogP contribution in [0, 0.1) is 5.92 Å². The van der Waals surface area contributed by atoms with E-state index in [4.69, 9.17) is 0 Å². The van der Waals surface area contributed by atoms with E-state index in [-0.39, 0.29) is 48.8 Å². The maximum absolute atomic E-state index is 15.6. The third-order valence-electron chi connectivity index (χ3n) is 9.87. The molecule has 2 heterocycles. The summed E-state index contributed by atoms with van der Waals surface area (Å²) in [5.74, 6) is 0.452. The Morgan fingerprint density at radius 3 is 2.14 bits per heavy atom. The molecule has 6 nitrogen and oxygen atoms in total. The van der Waals surface area contributed by atoms with Crippen molar-refractivity contribution >= 4 is 21.4 Å². The average molecular weight is 506 g/mol. The van der Waals surface area contributed by atoms with Crippen molar-refractivity contribution in [2.45, 2.75) is 92.9 Å². The number of hydrogen-bond donors (Lipinski definition) is 1. The number of aromatic nitrogens is 1. The number of amides is 1. The van der Waals surface area contributed by atoms with Crippen LogP contribution in [-0.4, -0.2) is 65.7 Å². The minimum atomic E-state index is -3.09. The van der Waals surface area contributed by atoms with Crippen LogP contribution in [-0.2, 0) is 9.84 Å². The van der Waals surface area contributed by atoms with Crippen molar-refractivity contribution in [1.29, 1.82) is 0 Å². The van der Waals surface area contributed by atoms with Gasteiger partial charge in [-0.05, 0) is 73.8 Å². The molecular weight excluding hydrogens is 472 g/mol. The number of sulfone groups is 1. The van der Waals surface area contributed by atoms with Gasteiger partial charge in [-0.2, -0.15) is 0 Å². The molecule has 9 rings (SSSR count). The standard InChI is InChI=1S/C26H33F2N3O3S/c27-24-9-16-10-25(28,13-24)15-26(11-16,14-24)30-19-12-29-22(21-18-3-1-17(2-4-18)20(19)21)23(32)31-5-7-35(33,34)8-6-31/h12,16-18,30H,1-11,13-15H2. The molecule has 0 radical (unpaired) electrons. The predicted molar refractivity (Wildman–Crippen MR) is 128 cm³/mol. The van der Waals surface area contributed by atoms with Crippen molar-refractivity contribution in [3.8, 4) is 0 Å².